The summed E-state index contributed by atoms with van der Waals surface area (Å²) >= 11 is 0. The van der Waals surface area contributed by atoms with Gasteiger partial charge in [0.25, 0.3) is 0 Å². The molecule has 0 saturated carbocycles. The molecule has 0 atom stereocenters. The van der Waals surface area contributed by atoms with Crippen molar-refractivity contribution in [3.8, 4) is 89.0 Å². The van der Waals surface area contributed by atoms with Gasteiger partial charge in [0.15, 0.2) is 0 Å². The van der Waals surface area contributed by atoms with Gasteiger partial charge in [0.1, 0.15) is 39.1 Å². The number of hydrogen-bond acceptors (Lipinski definition) is 8. The molecule has 0 saturated heterocycles. The molecular formula is C103H62O8. The maximum Gasteiger partial charge on any atom is 0.344 e. The van der Waals surface area contributed by atoms with Crippen LogP contribution in [-0.2, 0) is 0 Å². The van der Waals surface area contributed by atoms with Gasteiger partial charge in [-0.15, -0.1) is 0 Å². The van der Waals surface area contributed by atoms with Gasteiger partial charge in [0.2, 0.25) is 0 Å². The molecule has 5 heterocycles. The van der Waals surface area contributed by atoms with Crippen LogP contribution in [0.1, 0.15) is 0 Å². The van der Waals surface area contributed by atoms with Crippen molar-refractivity contribution in [2.75, 3.05) is 0 Å². The second-order valence-electron chi connectivity index (χ2n) is 27.7. The fraction of sp³-hybridized carbons (Fsp3) is 0. The Balaban J connectivity index is 0.000000109. The fourth-order valence-corrected chi connectivity index (χ4v) is 16.4. The van der Waals surface area contributed by atoms with Crippen LogP contribution in [0.5, 0.6) is 0 Å². The van der Waals surface area contributed by atoms with Crippen molar-refractivity contribution in [1.82, 2.24) is 0 Å². The van der Waals surface area contributed by atoms with Gasteiger partial charge >= 0.3 is 16.9 Å². The lowest BCUT2D eigenvalue weighted by atomic mass is 9.85. The first-order valence-electron chi connectivity index (χ1n) is 37.0. The Morgan fingerprint density at radius 1 is 0.153 bits per heavy atom. The van der Waals surface area contributed by atoms with Crippen molar-refractivity contribution in [3.05, 3.63) is 407 Å². The molecule has 22 rings (SSSR count). The number of benzene rings is 17. The SMILES string of the molecule is O=c1oc2c(-c3cccc(-c4ccccc4)c3)c(-c3ccccc3)c3ccccc3c2c2ccccc12.O=c1oc2ccc(-c3ccc(-c4cccc5c4oc4ccccc45)cc3)c(-c3ccccc3)c2c2ccccc12.O=c1oc2ccccc2c2cccc(-c3ccc(-c4cccc5c4oc4ccccc45)cc3)c12. The summed E-state index contributed by atoms with van der Waals surface area (Å²) < 4.78 is 30.2. The lowest BCUT2D eigenvalue weighted by Gasteiger charge is -2.18. The van der Waals surface area contributed by atoms with E-state index < -0.39 is 0 Å². The molecular weight excluding hydrogens is 1370 g/mol. The van der Waals surface area contributed by atoms with E-state index in [9.17, 15) is 14.4 Å². The van der Waals surface area contributed by atoms with Gasteiger partial charge < -0.3 is 22.1 Å². The molecule has 0 aliphatic rings. The van der Waals surface area contributed by atoms with Gasteiger partial charge in [-0.05, 0) is 114 Å². The highest BCUT2D eigenvalue weighted by Crippen LogP contribution is 2.48. The second kappa shape index (κ2) is 27.4. The molecule has 22 aromatic rings. The molecule has 0 aliphatic heterocycles. The predicted molar refractivity (Wildman–Crippen MR) is 456 cm³/mol. The topological polar surface area (TPSA) is 117 Å². The molecule has 0 aliphatic carbocycles. The highest BCUT2D eigenvalue weighted by molar-refractivity contribution is 6.27. The van der Waals surface area contributed by atoms with Crippen molar-refractivity contribution >= 4 is 120 Å². The monoisotopic (exact) mass is 1430 g/mol. The average Bonchev–Trinajstić information content (AvgIpc) is 1.54. The van der Waals surface area contributed by atoms with Gasteiger partial charge in [-0.3, -0.25) is 0 Å². The number of furan rings is 2. The highest BCUT2D eigenvalue weighted by Gasteiger charge is 2.24. The predicted octanol–water partition coefficient (Wildman–Crippen LogP) is 27.1. The summed E-state index contributed by atoms with van der Waals surface area (Å²) in [6.45, 7) is 0. The molecule has 8 heteroatoms. The summed E-state index contributed by atoms with van der Waals surface area (Å²) in [5.41, 5.74) is 21.1. The van der Waals surface area contributed by atoms with Crippen LogP contribution in [0.4, 0.5) is 0 Å². The van der Waals surface area contributed by atoms with Gasteiger partial charge in [-0.1, -0.05) is 334 Å². The van der Waals surface area contributed by atoms with Crippen molar-refractivity contribution in [1.29, 1.82) is 0 Å². The number of hydrogen-bond donors (Lipinski definition) is 0. The molecule has 0 N–H and O–H groups in total. The summed E-state index contributed by atoms with van der Waals surface area (Å²) in [6, 6.07) is 127. The van der Waals surface area contributed by atoms with Crippen LogP contribution in [-0.4, -0.2) is 0 Å². The highest BCUT2D eigenvalue weighted by atomic mass is 16.4. The van der Waals surface area contributed by atoms with Crippen molar-refractivity contribution < 1.29 is 22.1 Å². The van der Waals surface area contributed by atoms with E-state index in [1.165, 1.54) is 0 Å². The van der Waals surface area contributed by atoms with Crippen LogP contribution < -0.4 is 16.9 Å². The zero-order valence-electron chi connectivity index (χ0n) is 59.6. The molecule has 0 spiro atoms. The third-order valence-electron chi connectivity index (χ3n) is 21.4. The summed E-state index contributed by atoms with van der Waals surface area (Å²) in [5.74, 6) is 0. The third-order valence-corrected chi connectivity index (χ3v) is 21.4. The normalized spacial score (nSPS) is 11.5. The zero-order chi connectivity index (χ0) is 74.0. The summed E-state index contributed by atoms with van der Waals surface area (Å²) in [4.78, 5) is 39.0. The van der Waals surface area contributed by atoms with E-state index in [2.05, 4.69) is 194 Å². The maximum absolute atomic E-state index is 13.3. The van der Waals surface area contributed by atoms with Crippen LogP contribution in [0.3, 0.4) is 0 Å². The van der Waals surface area contributed by atoms with Gasteiger partial charge in [0.05, 0.1) is 16.2 Å². The van der Waals surface area contributed by atoms with Crippen molar-refractivity contribution in [3.63, 3.8) is 0 Å². The van der Waals surface area contributed by atoms with Crippen molar-refractivity contribution in [2.24, 2.45) is 0 Å². The first-order valence-corrected chi connectivity index (χ1v) is 37.0. The molecule has 0 amide bonds. The molecule has 8 nitrogen and oxygen atoms in total. The van der Waals surface area contributed by atoms with E-state index in [-0.39, 0.29) is 16.9 Å². The summed E-state index contributed by atoms with van der Waals surface area (Å²) in [6.07, 6.45) is 0. The molecule has 0 fully saturated rings. The van der Waals surface area contributed by atoms with Crippen LogP contribution in [0, 0.1) is 0 Å². The minimum atomic E-state index is -0.321. The molecule has 0 bridgehead atoms. The molecule has 111 heavy (non-hydrogen) atoms. The molecule has 522 valence electrons. The van der Waals surface area contributed by atoms with E-state index in [4.69, 9.17) is 22.1 Å². The maximum atomic E-state index is 13.3. The number of fused-ring (bicyclic) bond motifs is 17. The first-order chi connectivity index (χ1) is 54.8. The molecule has 5 aromatic heterocycles. The Morgan fingerprint density at radius 3 is 1.05 bits per heavy atom. The van der Waals surface area contributed by atoms with E-state index in [0.717, 1.165) is 176 Å². The number of para-hydroxylation sites is 5. The van der Waals surface area contributed by atoms with E-state index in [1.54, 1.807) is 0 Å². The molecule has 0 radical (unpaired) electrons. The minimum Gasteiger partial charge on any atom is -0.455 e. The zero-order valence-corrected chi connectivity index (χ0v) is 59.6. The van der Waals surface area contributed by atoms with Gasteiger partial charge in [-0.2, -0.15) is 0 Å². The Hall–Kier alpha value is -15.0. The van der Waals surface area contributed by atoms with Crippen LogP contribution in [0.2, 0.25) is 0 Å². The Bertz CT molecular complexity index is 7620. The Labute approximate surface area is 634 Å². The number of rotatable bonds is 8. The van der Waals surface area contributed by atoms with Crippen LogP contribution in [0.15, 0.2) is 413 Å². The standard InChI is InChI=1S/C37H22O3.C35H22O2.C31H18O3/c38-37-31-13-5-4-12-29(31)35-33(40-37)22-21-26(34(35)25-9-2-1-3-10-25)23-17-19-24(20-18-23)27-14-8-15-30-28-11-6-7-16-32(28)39-36(27)30;36-35-30-21-10-9-20-29(30)33-28-19-8-7-18-27(28)31(24-14-5-2-6-15-24)32(34(33)37-35)26-17-11-16-25(22-26)23-12-3-1-4-13-23;32-31-29-21(9-5-11-25(29)23-7-1-4-14-28(23)34-31)19-15-17-20(18-16-19)22-10-6-12-26-24-8-2-3-13-27(24)33-30(22)26/h1-22H;1-22H;1-18H. The lowest BCUT2D eigenvalue weighted by molar-refractivity contribution is 0.569. The first kappa shape index (κ1) is 65.5. The lowest BCUT2D eigenvalue weighted by Crippen LogP contribution is -2.02. The van der Waals surface area contributed by atoms with Crippen LogP contribution in [0.25, 0.3) is 209 Å². The third kappa shape index (κ3) is 11.4. The van der Waals surface area contributed by atoms with E-state index in [0.29, 0.717) is 32.9 Å². The van der Waals surface area contributed by atoms with Crippen molar-refractivity contribution in [2.45, 2.75) is 0 Å². The average molecular weight is 1430 g/mol. The second-order valence-corrected chi connectivity index (χ2v) is 27.7. The van der Waals surface area contributed by atoms with Gasteiger partial charge in [0, 0.05) is 81.7 Å². The van der Waals surface area contributed by atoms with E-state index >= 15 is 0 Å². The van der Waals surface area contributed by atoms with Gasteiger partial charge in [-0.25, -0.2) is 14.4 Å². The molecule has 0 unspecified atom stereocenters. The Morgan fingerprint density at radius 2 is 0.505 bits per heavy atom. The van der Waals surface area contributed by atoms with Crippen LogP contribution >= 0.6 is 0 Å². The fourth-order valence-electron chi connectivity index (χ4n) is 16.4. The smallest absolute Gasteiger partial charge is 0.344 e. The molecule has 17 aromatic carbocycles. The largest absolute Gasteiger partial charge is 0.455 e. The van der Waals surface area contributed by atoms with E-state index in [1.807, 2.05) is 182 Å². The Kier molecular flexibility index (Phi) is 16.2. The summed E-state index contributed by atoms with van der Waals surface area (Å²) in [7, 11) is 0. The summed E-state index contributed by atoms with van der Waals surface area (Å²) in [5, 5.41) is 14.0. The minimum absolute atomic E-state index is 0.319. The quantitative estimate of drug-likeness (QED) is 0.109.